The second-order valence-corrected chi connectivity index (χ2v) is 8.08. The Morgan fingerprint density at radius 1 is 1.07 bits per heavy atom. The first kappa shape index (κ1) is 24.9. The van der Waals surface area contributed by atoms with Crippen LogP contribution in [0.2, 0.25) is 0 Å². The van der Waals surface area contributed by atoms with Gasteiger partial charge in [0.25, 0.3) is 0 Å². The summed E-state index contributed by atoms with van der Waals surface area (Å²) in [5, 5.41) is 6.95. The van der Waals surface area contributed by atoms with Gasteiger partial charge >= 0.3 is 0 Å². The van der Waals surface area contributed by atoms with Gasteiger partial charge in [-0.3, -0.25) is 4.90 Å². The van der Waals surface area contributed by atoms with Gasteiger partial charge in [0.1, 0.15) is 0 Å². The molecule has 30 heavy (non-hydrogen) atoms. The largest absolute Gasteiger partial charge is 0.379 e. The van der Waals surface area contributed by atoms with Crippen LogP contribution in [0, 0.1) is 5.92 Å². The molecule has 0 amide bonds. The Bertz CT molecular complexity index is 663. The minimum absolute atomic E-state index is 0. The van der Waals surface area contributed by atoms with Crippen molar-refractivity contribution < 1.29 is 4.74 Å². The number of rotatable bonds is 8. The Hall–Kier alpha value is -1.32. The van der Waals surface area contributed by atoms with E-state index in [4.69, 9.17) is 9.73 Å². The van der Waals surface area contributed by atoms with Gasteiger partial charge in [-0.1, -0.05) is 38.1 Å². The fraction of sp³-hybridized carbons (Fsp3) is 0.609. The fourth-order valence-electron chi connectivity index (χ4n) is 3.91. The number of benzene rings is 1. The third-order valence-electron chi connectivity index (χ3n) is 5.65. The molecule has 0 aliphatic carbocycles. The van der Waals surface area contributed by atoms with E-state index in [0.717, 1.165) is 58.4 Å². The molecule has 6 nitrogen and oxygen atoms in total. The van der Waals surface area contributed by atoms with E-state index in [1.165, 1.54) is 11.3 Å². The molecule has 1 fully saturated rings. The maximum absolute atomic E-state index is 5.52. The first-order valence-electron chi connectivity index (χ1n) is 11.0. The molecule has 2 aliphatic rings. The number of guanidine groups is 1. The van der Waals surface area contributed by atoms with Crippen LogP contribution >= 0.6 is 24.0 Å². The Labute approximate surface area is 199 Å². The Morgan fingerprint density at radius 2 is 1.73 bits per heavy atom. The topological polar surface area (TPSA) is 52.1 Å². The van der Waals surface area contributed by atoms with Crippen LogP contribution in [-0.4, -0.2) is 69.4 Å². The minimum atomic E-state index is 0. The van der Waals surface area contributed by atoms with Crippen LogP contribution in [0.3, 0.4) is 0 Å². The van der Waals surface area contributed by atoms with Crippen molar-refractivity contribution in [1.82, 2.24) is 15.5 Å². The van der Waals surface area contributed by atoms with Crippen molar-refractivity contribution in [2.75, 3.05) is 57.4 Å². The zero-order valence-corrected chi connectivity index (χ0v) is 21.0. The molecule has 0 bridgehead atoms. The molecule has 3 rings (SSSR count). The number of hydrogen-bond acceptors (Lipinski definition) is 4. The molecule has 1 aromatic rings. The second kappa shape index (κ2) is 13.2. The maximum Gasteiger partial charge on any atom is 0.191 e. The van der Waals surface area contributed by atoms with Gasteiger partial charge in [0, 0.05) is 51.0 Å². The molecule has 2 aliphatic heterocycles. The van der Waals surface area contributed by atoms with Crippen molar-refractivity contribution in [3.63, 3.8) is 0 Å². The van der Waals surface area contributed by atoms with Crippen LogP contribution in [0.15, 0.2) is 41.4 Å². The Balaban J connectivity index is 0.00000320. The molecular formula is C23H38IN5O. The summed E-state index contributed by atoms with van der Waals surface area (Å²) in [6.07, 6.45) is 4.43. The summed E-state index contributed by atoms with van der Waals surface area (Å²) in [5.74, 6) is 1.47. The lowest BCUT2D eigenvalue weighted by molar-refractivity contribution is 0.00752. The van der Waals surface area contributed by atoms with Crippen LogP contribution < -0.4 is 15.5 Å². The summed E-state index contributed by atoms with van der Waals surface area (Å²) in [6, 6.07) is 9.25. The SMILES string of the molecule is CCNC(=NCc1ccc(N2CC=CC2)cc1)NCC(C(C)C)N1CCOCC1.I. The van der Waals surface area contributed by atoms with E-state index >= 15 is 0 Å². The molecular weight excluding hydrogens is 489 g/mol. The molecule has 2 heterocycles. The lowest BCUT2D eigenvalue weighted by atomic mass is 10.0. The van der Waals surface area contributed by atoms with Crippen LogP contribution in [0.1, 0.15) is 26.3 Å². The van der Waals surface area contributed by atoms with Crippen LogP contribution in [0.4, 0.5) is 5.69 Å². The van der Waals surface area contributed by atoms with Gasteiger partial charge in [-0.25, -0.2) is 4.99 Å². The summed E-state index contributed by atoms with van der Waals surface area (Å²) in [6.45, 7) is 14.8. The molecule has 1 saturated heterocycles. The molecule has 1 unspecified atom stereocenters. The molecule has 0 radical (unpaired) electrons. The molecule has 0 aromatic heterocycles. The van der Waals surface area contributed by atoms with E-state index in [-0.39, 0.29) is 24.0 Å². The van der Waals surface area contributed by atoms with E-state index in [1.54, 1.807) is 0 Å². The maximum atomic E-state index is 5.52. The van der Waals surface area contributed by atoms with Gasteiger partial charge in [0.05, 0.1) is 19.8 Å². The summed E-state index contributed by atoms with van der Waals surface area (Å²) >= 11 is 0. The fourth-order valence-corrected chi connectivity index (χ4v) is 3.91. The first-order chi connectivity index (χ1) is 14.2. The van der Waals surface area contributed by atoms with Crippen LogP contribution in [0.25, 0.3) is 0 Å². The molecule has 1 aromatic carbocycles. The molecule has 168 valence electrons. The lowest BCUT2D eigenvalue weighted by Gasteiger charge is -2.37. The average molecular weight is 527 g/mol. The van der Waals surface area contributed by atoms with E-state index in [0.29, 0.717) is 18.5 Å². The highest BCUT2D eigenvalue weighted by molar-refractivity contribution is 14.0. The number of morpholine rings is 1. The summed E-state index contributed by atoms with van der Waals surface area (Å²) in [7, 11) is 0. The Morgan fingerprint density at radius 3 is 2.33 bits per heavy atom. The molecule has 0 saturated carbocycles. The number of anilines is 1. The lowest BCUT2D eigenvalue weighted by Crippen LogP contribution is -2.52. The first-order valence-corrected chi connectivity index (χ1v) is 11.0. The van der Waals surface area contributed by atoms with Gasteiger partial charge in [-0.15, -0.1) is 24.0 Å². The molecule has 7 heteroatoms. The van der Waals surface area contributed by atoms with E-state index in [9.17, 15) is 0 Å². The van der Waals surface area contributed by atoms with E-state index < -0.39 is 0 Å². The van der Waals surface area contributed by atoms with Crippen molar-refractivity contribution in [3.8, 4) is 0 Å². The van der Waals surface area contributed by atoms with Crippen molar-refractivity contribution >= 4 is 35.6 Å². The second-order valence-electron chi connectivity index (χ2n) is 8.08. The third kappa shape index (κ3) is 7.42. The summed E-state index contributed by atoms with van der Waals surface area (Å²) in [4.78, 5) is 9.71. The van der Waals surface area contributed by atoms with Gasteiger partial charge < -0.3 is 20.3 Å². The summed E-state index contributed by atoms with van der Waals surface area (Å²) < 4.78 is 5.52. The smallest absolute Gasteiger partial charge is 0.191 e. The molecule has 0 spiro atoms. The van der Waals surface area contributed by atoms with Gasteiger partial charge in [0.2, 0.25) is 0 Å². The molecule has 2 N–H and O–H groups in total. The van der Waals surface area contributed by atoms with Crippen LogP contribution in [0.5, 0.6) is 0 Å². The number of ether oxygens (including phenoxy) is 1. The number of nitrogens with one attached hydrogen (secondary N) is 2. The highest BCUT2D eigenvalue weighted by atomic mass is 127. The minimum Gasteiger partial charge on any atom is -0.379 e. The third-order valence-corrected chi connectivity index (χ3v) is 5.65. The van der Waals surface area contributed by atoms with Crippen LogP contribution in [-0.2, 0) is 11.3 Å². The van der Waals surface area contributed by atoms with Crippen molar-refractivity contribution in [3.05, 3.63) is 42.0 Å². The van der Waals surface area contributed by atoms with Gasteiger partial charge in [-0.05, 0) is 30.5 Å². The van der Waals surface area contributed by atoms with E-state index in [1.807, 2.05) is 0 Å². The Kier molecular flexibility index (Phi) is 11.0. The van der Waals surface area contributed by atoms with Crippen molar-refractivity contribution in [2.24, 2.45) is 10.9 Å². The number of hydrogen-bond donors (Lipinski definition) is 2. The van der Waals surface area contributed by atoms with Gasteiger partial charge in [0.15, 0.2) is 5.96 Å². The summed E-state index contributed by atoms with van der Waals surface area (Å²) in [5.41, 5.74) is 2.50. The monoisotopic (exact) mass is 527 g/mol. The zero-order valence-electron chi connectivity index (χ0n) is 18.6. The average Bonchev–Trinajstić information content (AvgIpc) is 3.28. The van der Waals surface area contributed by atoms with E-state index in [2.05, 4.69) is 77.6 Å². The quantitative estimate of drug-likeness (QED) is 0.236. The number of nitrogens with zero attached hydrogens (tertiary/aromatic N) is 3. The predicted octanol–water partition coefficient (Wildman–Crippen LogP) is 3.09. The highest BCUT2D eigenvalue weighted by Gasteiger charge is 2.23. The van der Waals surface area contributed by atoms with Crippen molar-refractivity contribution in [2.45, 2.75) is 33.4 Å². The number of aliphatic imine (C=N–C) groups is 1. The molecule has 1 atom stereocenters. The predicted molar refractivity (Wildman–Crippen MR) is 137 cm³/mol. The zero-order chi connectivity index (χ0) is 20.5. The normalized spacial score (nSPS) is 18.4. The standard InChI is InChI=1S/C23H37N5O.HI/c1-4-24-23(26-18-22(19(2)3)28-13-15-29-16-14-28)25-17-20-7-9-21(10-8-20)27-11-5-6-12-27;/h5-10,19,22H,4,11-18H2,1-3H3,(H2,24,25,26);1H. The van der Waals surface area contributed by atoms with Crippen molar-refractivity contribution in [1.29, 1.82) is 0 Å². The van der Waals surface area contributed by atoms with Gasteiger partial charge in [-0.2, -0.15) is 0 Å². The number of halogens is 1. The highest BCUT2D eigenvalue weighted by Crippen LogP contribution is 2.18.